The monoisotopic (exact) mass is 481 g/mol. The molecule has 0 saturated carbocycles. The largest absolute Gasteiger partial charge is 0.497 e. The van der Waals surface area contributed by atoms with Crippen LogP contribution in [-0.4, -0.2) is 44.4 Å². The zero-order chi connectivity index (χ0) is 22.4. The van der Waals surface area contributed by atoms with E-state index in [0.717, 1.165) is 11.0 Å². The number of halogens is 3. The lowest BCUT2D eigenvalue weighted by Gasteiger charge is -2.43. The fourth-order valence-corrected chi connectivity index (χ4v) is 4.85. The van der Waals surface area contributed by atoms with Crippen LogP contribution in [-0.2, 0) is 12.3 Å². The van der Waals surface area contributed by atoms with E-state index in [1.54, 1.807) is 43.7 Å². The van der Waals surface area contributed by atoms with Gasteiger partial charge in [0.05, 0.1) is 18.6 Å². The number of carbonyl (C=O) groups is 1. The number of carbonyl (C=O) groups excluding carboxylic acids is 1. The second-order valence-electron chi connectivity index (χ2n) is 7.09. The van der Waals surface area contributed by atoms with E-state index in [1.807, 2.05) is 0 Å². The maximum absolute atomic E-state index is 15.4. The van der Waals surface area contributed by atoms with Crippen molar-refractivity contribution in [3.8, 4) is 5.75 Å². The number of aliphatic hydroxyl groups is 1. The van der Waals surface area contributed by atoms with Crippen molar-refractivity contribution in [3.63, 3.8) is 0 Å². The van der Waals surface area contributed by atoms with Gasteiger partial charge in [0, 0.05) is 6.54 Å². The molecule has 1 aromatic carbocycles. The van der Waals surface area contributed by atoms with Gasteiger partial charge in [-0.25, -0.2) is 14.4 Å². The molecule has 1 aliphatic carbocycles. The molecular weight excluding hydrogens is 464 g/mol. The van der Waals surface area contributed by atoms with Crippen molar-refractivity contribution < 1.29 is 19.0 Å². The van der Waals surface area contributed by atoms with E-state index in [1.165, 1.54) is 23.9 Å². The van der Waals surface area contributed by atoms with Crippen molar-refractivity contribution in [2.75, 3.05) is 13.4 Å². The van der Waals surface area contributed by atoms with Gasteiger partial charge in [0.25, 0.3) is 5.91 Å². The van der Waals surface area contributed by atoms with Crippen LogP contribution >= 0.6 is 35.0 Å². The summed E-state index contributed by atoms with van der Waals surface area (Å²) in [5, 5.41) is 9.61. The highest BCUT2D eigenvalue weighted by molar-refractivity contribution is 7.98. The number of ether oxygens (including phenoxy) is 1. The van der Waals surface area contributed by atoms with Crippen molar-refractivity contribution in [2.24, 2.45) is 5.92 Å². The lowest BCUT2D eigenvalue weighted by atomic mass is 9.83. The summed E-state index contributed by atoms with van der Waals surface area (Å²) in [6.45, 7) is -0.0400. The average Bonchev–Trinajstić information content (AvgIpc) is 2.96. The molecule has 4 rings (SSSR count). The minimum absolute atomic E-state index is 0.0400. The molecule has 10 heteroatoms. The molecule has 162 valence electrons. The number of hydrogen-bond acceptors (Lipinski definition) is 6. The third-order valence-electron chi connectivity index (χ3n) is 5.34. The Bertz CT molecular complexity index is 1090. The van der Waals surface area contributed by atoms with Crippen molar-refractivity contribution >= 4 is 40.9 Å². The first kappa shape index (κ1) is 22.1. The molecule has 6 nitrogen and oxygen atoms in total. The Morgan fingerprint density at radius 3 is 2.61 bits per heavy atom. The molecule has 2 heterocycles. The molecule has 0 fully saturated rings. The third-order valence-corrected chi connectivity index (χ3v) is 6.52. The summed E-state index contributed by atoms with van der Waals surface area (Å²) < 4.78 is 20.5. The minimum Gasteiger partial charge on any atom is -0.497 e. The van der Waals surface area contributed by atoms with Crippen LogP contribution in [0.1, 0.15) is 21.6 Å². The van der Waals surface area contributed by atoms with Crippen LogP contribution in [0.4, 0.5) is 4.39 Å². The van der Waals surface area contributed by atoms with Crippen LogP contribution in [0.5, 0.6) is 5.75 Å². The van der Waals surface area contributed by atoms with Crippen molar-refractivity contribution in [3.05, 3.63) is 70.5 Å². The van der Waals surface area contributed by atoms with Gasteiger partial charge in [-0.3, -0.25) is 9.69 Å². The number of hydrogen-bond donors (Lipinski definition) is 1. The lowest BCUT2D eigenvalue weighted by molar-refractivity contribution is -0.136. The Kier molecular flexibility index (Phi) is 5.76. The van der Waals surface area contributed by atoms with E-state index in [4.69, 9.17) is 27.9 Å². The molecule has 1 aromatic heterocycles. The summed E-state index contributed by atoms with van der Waals surface area (Å²) >= 11 is 13.7. The molecule has 3 atom stereocenters. The van der Waals surface area contributed by atoms with Crippen LogP contribution < -0.4 is 4.74 Å². The summed E-state index contributed by atoms with van der Waals surface area (Å²) in [5.74, 6) is -1.31. The SMILES string of the molecule is COc1ccc(CN2C(=O)c3nc(SC)nc(Cl)c3C2(O)C2C=CC=CC2(F)Cl)cc1. The predicted octanol–water partition coefficient (Wildman–Crippen LogP) is 4.31. The highest BCUT2D eigenvalue weighted by atomic mass is 35.5. The summed E-state index contributed by atoms with van der Waals surface area (Å²) in [6, 6.07) is 6.95. The number of fused-ring (bicyclic) bond motifs is 1. The Balaban J connectivity index is 1.87. The molecule has 3 unspecified atom stereocenters. The topological polar surface area (TPSA) is 75.5 Å². The molecule has 0 saturated heterocycles. The van der Waals surface area contributed by atoms with Gasteiger partial charge in [0.1, 0.15) is 16.6 Å². The average molecular weight is 482 g/mol. The van der Waals surface area contributed by atoms with Gasteiger partial charge in [-0.15, -0.1) is 0 Å². The molecule has 2 aliphatic rings. The van der Waals surface area contributed by atoms with Crippen LogP contribution in [0.25, 0.3) is 0 Å². The first-order valence-corrected chi connectivity index (χ1v) is 11.2. The molecule has 0 bridgehead atoms. The van der Waals surface area contributed by atoms with Gasteiger partial charge >= 0.3 is 0 Å². The van der Waals surface area contributed by atoms with E-state index in [2.05, 4.69) is 9.97 Å². The number of methoxy groups -OCH3 is 1. The molecule has 31 heavy (non-hydrogen) atoms. The van der Waals surface area contributed by atoms with Crippen LogP contribution in [0, 0.1) is 5.92 Å². The smallest absolute Gasteiger partial charge is 0.275 e. The maximum atomic E-state index is 15.4. The Morgan fingerprint density at radius 1 is 1.29 bits per heavy atom. The highest BCUT2D eigenvalue weighted by Crippen LogP contribution is 2.52. The van der Waals surface area contributed by atoms with Crippen LogP contribution in [0.15, 0.2) is 53.7 Å². The van der Waals surface area contributed by atoms with E-state index in [9.17, 15) is 9.90 Å². The first-order valence-electron chi connectivity index (χ1n) is 9.25. The van der Waals surface area contributed by atoms with Crippen LogP contribution in [0.2, 0.25) is 5.15 Å². The molecule has 1 N–H and O–H groups in total. The van der Waals surface area contributed by atoms with Crippen molar-refractivity contribution in [1.29, 1.82) is 0 Å². The van der Waals surface area contributed by atoms with Gasteiger partial charge in [-0.2, -0.15) is 0 Å². The second-order valence-corrected chi connectivity index (χ2v) is 8.80. The van der Waals surface area contributed by atoms with E-state index >= 15 is 4.39 Å². The first-order chi connectivity index (χ1) is 14.7. The number of amides is 1. The lowest BCUT2D eigenvalue weighted by Crippen LogP contribution is -2.53. The van der Waals surface area contributed by atoms with E-state index in [0.29, 0.717) is 11.3 Å². The van der Waals surface area contributed by atoms with E-state index in [-0.39, 0.29) is 28.1 Å². The molecule has 1 aliphatic heterocycles. The van der Waals surface area contributed by atoms with Crippen LogP contribution in [0.3, 0.4) is 0 Å². The summed E-state index contributed by atoms with van der Waals surface area (Å²) in [5.41, 5.74) is -1.66. The summed E-state index contributed by atoms with van der Waals surface area (Å²) in [4.78, 5) is 22.9. The zero-order valence-corrected chi connectivity index (χ0v) is 18.9. The van der Waals surface area contributed by atoms with Gasteiger partial charge in [-0.05, 0) is 30.0 Å². The fraction of sp³-hybridized carbons (Fsp3) is 0.286. The van der Waals surface area contributed by atoms with Crippen molar-refractivity contribution in [2.45, 2.75) is 22.6 Å². The number of allylic oxidation sites excluding steroid dienone is 3. The highest BCUT2D eigenvalue weighted by Gasteiger charge is 2.61. The predicted molar refractivity (Wildman–Crippen MR) is 117 cm³/mol. The van der Waals surface area contributed by atoms with Crippen molar-refractivity contribution in [1.82, 2.24) is 14.9 Å². The summed E-state index contributed by atoms with van der Waals surface area (Å²) in [7, 11) is 1.54. The minimum atomic E-state index is -2.47. The third kappa shape index (κ3) is 3.61. The van der Waals surface area contributed by atoms with Gasteiger partial charge < -0.3 is 9.84 Å². The van der Waals surface area contributed by atoms with Gasteiger partial charge in [0.2, 0.25) is 5.13 Å². The number of thioether (sulfide) groups is 1. The fourth-order valence-electron chi connectivity index (χ4n) is 3.83. The Labute approximate surface area is 192 Å². The molecule has 0 spiro atoms. The molecule has 2 aromatic rings. The molecular formula is C21H18Cl2FN3O3S. The van der Waals surface area contributed by atoms with E-state index < -0.39 is 22.7 Å². The molecule has 1 amide bonds. The number of rotatable bonds is 5. The number of benzene rings is 1. The Morgan fingerprint density at radius 2 is 2.00 bits per heavy atom. The van der Waals surface area contributed by atoms with Gasteiger partial charge in [0.15, 0.2) is 10.9 Å². The molecule has 0 radical (unpaired) electrons. The maximum Gasteiger partial charge on any atom is 0.275 e. The normalized spacial score (nSPS) is 27.0. The number of nitrogens with zero attached hydrogens (tertiary/aromatic N) is 3. The number of alkyl halides is 2. The zero-order valence-electron chi connectivity index (χ0n) is 16.6. The number of aromatic nitrogens is 2. The Hall–Kier alpha value is -2.13. The standard InChI is InChI=1S/C21H18Cl2FN3O3S/c1-30-13-8-6-12(7-9-13)11-27-18(28)16-15(17(22)26-19(25-16)31-2)21(27,29)14-5-3-4-10-20(14,23)24/h3-10,14,29H,11H2,1-2H3. The summed E-state index contributed by atoms with van der Waals surface area (Å²) in [6.07, 6.45) is 7.26. The second kappa shape index (κ2) is 8.09. The van der Waals surface area contributed by atoms with Gasteiger partial charge in [-0.1, -0.05) is 65.3 Å². The quantitative estimate of drug-likeness (QED) is 0.296.